The van der Waals surface area contributed by atoms with Gasteiger partial charge in [0.25, 0.3) is 5.91 Å². The van der Waals surface area contributed by atoms with E-state index in [9.17, 15) is 18.0 Å². The second kappa shape index (κ2) is 9.83. The lowest BCUT2D eigenvalue weighted by Crippen LogP contribution is -2.42. The van der Waals surface area contributed by atoms with E-state index in [1.165, 1.54) is 46.5 Å². The monoisotopic (exact) mass is 455 g/mol. The van der Waals surface area contributed by atoms with Crippen molar-refractivity contribution in [3.8, 4) is 0 Å². The lowest BCUT2D eigenvalue weighted by Gasteiger charge is -2.26. The van der Waals surface area contributed by atoms with Crippen LogP contribution in [0.5, 0.6) is 0 Å². The third-order valence-electron chi connectivity index (χ3n) is 6.14. The van der Waals surface area contributed by atoms with E-state index in [0.29, 0.717) is 13.1 Å². The molecule has 1 fully saturated rings. The Morgan fingerprint density at radius 3 is 2.38 bits per heavy atom. The number of aryl methyl sites for hydroxylation is 2. The molecule has 1 saturated heterocycles. The highest BCUT2D eigenvalue weighted by atomic mass is 32.2. The average molecular weight is 456 g/mol. The highest BCUT2D eigenvalue weighted by molar-refractivity contribution is 7.89. The van der Waals surface area contributed by atoms with Gasteiger partial charge in [-0.2, -0.15) is 4.31 Å². The molecule has 2 aromatic carbocycles. The molecule has 0 aromatic heterocycles. The number of fused-ring (bicyclic) bond motifs is 1. The van der Waals surface area contributed by atoms with Gasteiger partial charge in [-0.3, -0.25) is 20.4 Å². The van der Waals surface area contributed by atoms with Crippen LogP contribution in [0.1, 0.15) is 59.2 Å². The van der Waals surface area contributed by atoms with Crippen molar-refractivity contribution in [1.82, 2.24) is 15.2 Å². The molecular weight excluding hydrogens is 426 g/mol. The topological polar surface area (TPSA) is 95.6 Å². The van der Waals surface area contributed by atoms with Gasteiger partial charge >= 0.3 is 0 Å². The van der Waals surface area contributed by atoms with E-state index < -0.39 is 15.9 Å². The van der Waals surface area contributed by atoms with Crippen LogP contribution in [0, 0.1) is 0 Å². The van der Waals surface area contributed by atoms with Gasteiger partial charge in [0.05, 0.1) is 11.3 Å². The number of rotatable bonds is 5. The third kappa shape index (κ3) is 5.19. The molecule has 1 heterocycles. The summed E-state index contributed by atoms with van der Waals surface area (Å²) in [5.74, 6) is -0.884. The van der Waals surface area contributed by atoms with E-state index >= 15 is 0 Å². The molecule has 0 bridgehead atoms. The Morgan fingerprint density at radius 1 is 0.844 bits per heavy atom. The summed E-state index contributed by atoms with van der Waals surface area (Å²) in [6.45, 7) is 0.995. The maximum absolute atomic E-state index is 12.9. The van der Waals surface area contributed by atoms with Gasteiger partial charge in [-0.25, -0.2) is 8.42 Å². The second-order valence-electron chi connectivity index (χ2n) is 8.48. The van der Waals surface area contributed by atoms with Crippen LogP contribution in [0.15, 0.2) is 47.4 Å². The Hall–Kier alpha value is -2.71. The van der Waals surface area contributed by atoms with Crippen LogP contribution in [-0.2, 0) is 34.1 Å². The van der Waals surface area contributed by atoms with Crippen LogP contribution in [-0.4, -0.2) is 37.6 Å². The third-order valence-corrected chi connectivity index (χ3v) is 8.04. The molecule has 0 radical (unpaired) electrons. The van der Waals surface area contributed by atoms with Crippen molar-refractivity contribution in [2.45, 2.75) is 56.3 Å². The summed E-state index contributed by atoms with van der Waals surface area (Å²) in [7, 11) is -3.63. The van der Waals surface area contributed by atoms with Gasteiger partial charge in [0.2, 0.25) is 15.9 Å². The number of piperidine rings is 1. The van der Waals surface area contributed by atoms with Crippen LogP contribution >= 0.6 is 0 Å². The fourth-order valence-electron chi connectivity index (χ4n) is 4.38. The first-order valence-electron chi connectivity index (χ1n) is 11.2. The normalized spacial score (nSPS) is 16.8. The van der Waals surface area contributed by atoms with Crippen LogP contribution < -0.4 is 10.9 Å². The molecule has 32 heavy (non-hydrogen) atoms. The molecule has 0 saturated carbocycles. The number of hydrogen-bond acceptors (Lipinski definition) is 4. The van der Waals surface area contributed by atoms with Crippen LogP contribution in [0.3, 0.4) is 0 Å². The molecular formula is C24H29N3O4S. The molecule has 4 rings (SSSR count). The molecule has 2 amide bonds. The molecule has 1 aliphatic heterocycles. The number of hydrogen-bond donors (Lipinski definition) is 2. The van der Waals surface area contributed by atoms with Gasteiger partial charge in [0.1, 0.15) is 0 Å². The minimum Gasteiger partial charge on any atom is -0.273 e. The van der Waals surface area contributed by atoms with Gasteiger partial charge < -0.3 is 0 Å². The Kier molecular flexibility index (Phi) is 6.91. The van der Waals surface area contributed by atoms with Crippen molar-refractivity contribution in [2.24, 2.45) is 0 Å². The molecule has 170 valence electrons. The number of nitrogens with zero attached hydrogens (tertiary/aromatic N) is 1. The maximum atomic E-state index is 12.9. The molecule has 0 atom stereocenters. The number of sulfonamides is 1. The first-order chi connectivity index (χ1) is 15.4. The predicted molar refractivity (Wildman–Crippen MR) is 121 cm³/mol. The number of benzene rings is 2. The lowest BCUT2D eigenvalue weighted by atomic mass is 9.90. The Labute approximate surface area is 189 Å². The summed E-state index contributed by atoms with van der Waals surface area (Å²) in [6.07, 6.45) is 7.38. The summed E-state index contributed by atoms with van der Waals surface area (Å²) >= 11 is 0. The minimum absolute atomic E-state index is 0.0902. The van der Waals surface area contributed by atoms with Crippen molar-refractivity contribution in [1.29, 1.82) is 0 Å². The molecule has 7 nitrogen and oxygen atoms in total. The molecule has 1 aliphatic carbocycles. The Balaban J connectivity index is 1.36. The SMILES string of the molecule is O=C(Cc1ccc2c(c1)CCCC2)NNC(=O)c1cccc(S(=O)(=O)N2CCCCC2)c1. The van der Waals surface area contributed by atoms with Crippen molar-refractivity contribution in [3.05, 3.63) is 64.7 Å². The van der Waals surface area contributed by atoms with E-state index in [4.69, 9.17) is 0 Å². The largest absolute Gasteiger partial charge is 0.273 e. The fraction of sp³-hybridized carbons (Fsp3) is 0.417. The fourth-order valence-corrected chi connectivity index (χ4v) is 5.94. The zero-order chi connectivity index (χ0) is 22.6. The van der Waals surface area contributed by atoms with Crippen molar-refractivity contribution in [3.63, 3.8) is 0 Å². The zero-order valence-corrected chi connectivity index (χ0v) is 18.9. The lowest BCUT2D eigenvalue weighted by molar-refractivity contribution is -0.121. The highest BCUT2D eigenvalue weighted by Crippen LogP contribution is 2.23. The molecule has 0 spiro atoms. The second-order valence-corrected chi connectivity index (χ2v) is 10.4. The number of carbonyl (C=O) groups excluding carboxylic acids is 2. The van der Waals surface area contributed by atoms with Crippen molar-refractivity contribution in [2.75, 3.05) is 13.1 Å². The number of amides is 2. The number of carbonyl (C=O) groups is 2. The van der Waals surface area contributed by atoms with Gasteiger partial charge in [-0.05, 0) is 73.4 Å². The first-order valence-corrected chi connectivity index (χ1v) is 12.7. The predicted octanol–water partition coefficient (Wildman–Crippen LogP) is 2.74. The van der Waals surface area contributed by atoms with Crippen LogP contribution in [0.2, 0.25) is 0 Å². The molecule has 8 heteroatoms. The van der Waals surface area contributed by atoms with Gasteiger partial charge in [0.15, 0.2) is 0 Å². The van der Waals surface area contributed by atoms with Gasteiger partial charge in [0, 0.05) is 18.7 Å². The van der Waals surface area contributed by atoms with E-state index in [-0.39, 0.29) is 22.8 Å². The Morgan fingerprint density at radius 2 is 1.59 bits per heavy atom. The van der Waals surface area contributed by atoms with E-state index in [1.54, 1.807) is 6.07 Å². The first kappa shape index (κ1) is 22.5. The number of hydrazine groups is 1. The van der Waals surface area contributed by atoms with Crippen molar-refractivity contribution < 1.29 is 18.0 Å². The summed E-state index contributed by atoms with van der Waals surface area (Å²) in [4.78, 5) is 24.9. The standard InChI is InChI=1S/C24H29N3O4S/c28-23(16-18-11-12-19-7-2-3-8-20(19)15-18)25-26-24(29)21-9-6-10-22(17-21)32(30,31)27-13-4-1-5-14-27/h6,9-12,15,17H,1-5,7-8,13-14,16H2,(H,25,28)(H,26,29). The molecule has 0 unspecified atom stereocenters. The highest BCUT2D eigenvalue weighted by Gasteiger charge is 2.26. The zero-order valence-electron chi connectivity index (χ0n) is 18.1. The van der Waals surface area contributed by atoms with E-state index in [0.717, 1.165) is 37.7 Å². The number of nitrogens with one attached hydrogen (secondary N) is 2. The Bertz CT molecular complexity index is 1110. The van der Waals surface area contributed by atoms with Gasteiger partial charge in [-0.1, -0.05) is 30.7 Å². The minimum atomic E-state index is -3.63. The van der Waals surface area contributed by atoms with Gasteiger partial charge in [-0.15, -0.1) is 0 Å². The molecule has 2 aliphatic rings. The smallest absolute Gasteiger partial charge is 0.269 e. The van der Waals surface area contributed by atoms with Crippen molar-refractivity contribution >= 4 is 21.8 Å². The van der Waals surface area contributed by atoms with E-state index in [2.05, 4.69) is 23.0 Å². The summed E-state index contributed by atoms with van der Waals surface area (Å²) in [5.41, 5.74) is 8.57. The summed E-state index contributed by atoms with van der Waals surface area (Å²) in [5, 5.41) is 0. The summed E-state index contributed by atoms with van der Waals surface area (Å²) in [6, 6.07) is 12.0. The summed E-state index contributed by atoms with van der Waals surface area (Å²) < 4.78 is 27.2. The maximum Gasteiger partial charge on any atom is 0.269 e. The molecule has 2 N–H and O–H groups in total. The average Bonchev–Trinajstić information content (AvgIpc) is 2.83. The van der Waals surface area contributed by atoms with Crippen LogP contribution in [0.25, 0.3) is 0 Å². The van der Waals surface area contributed by atoms with E-state index in [1.807, 2.05) is 6.07 Å². The quantitative estimate of drug-likeness (QED) is 0.678. The van der Waals surface area contributed by atoms with Crippen LogP contribution in [0.4, 0.5) is 0 Å². The molecule has 2 aromatic rings.